The van der Waals surface area contributed by atoms with E-state index in [-0.39, 0.29) is 24.8 Å². The Morgan fingerprint density at radius 3 is 2.26 bits per heavy atom. The van der Waals surface area contributed by atoms with E-state index in [9.17, 15) is 9.90 Å². The zero-order valence-corrected chi connectivity index (χ0v) is 24.8. The van der Waals surface area contributed by atoms with Crippen molar-refractivity contribution in [1.29, 1.82) is 0 Å². The normalized spacial score (nSPS) is 21.7. The molecule has 3 N–H and O–H groups in total. The largest absolute Gasteiger partial charge is 0.392 e. The first-order chi connectivity index (χ1) is 20.6. The zero-order chi connectivity index (χ0) is 29.1. The molecule has 2 aliphatic rings. The SMILES string of the molecule is CCNC(=O)NCc1cccc(-c2ccc(C3OC(CN4CCCCCCC4)CC(c4ccc(CO)cc4)O3)cc2)c1. The number of likely N-dealkylation sites (tertiary alicyclic amines) is 1. The van der Waals surface area contributed by atoms with Crippen LogP contribution >= 0.6 is 0 Å². The molecule has 3 aromatic carbocycles. The zero-order valence-electron chi connectivity index (χ0n) is 24.8. The summed E-state index contributed by atoms with van der Waals surface area (Å²) in [6.07, 6.45) is 6.82. The van der Waals surface area contributed by atoms with Crippen molar-refractivity contribution in [3.05, 3.63) is 95.1 Å². The fourth-order valence-corrected chi connectivity index (χ4v) is 5.92. The second-order valence-corrected chi connectivity index (χ2v) is 11.5. The first-order valence-electron chi connectivity index (χ1n) is 15.5. The van der Waals surface area contributed by atoms with Gasteiger partial charge in [-0.15, -0.1) is 0 Å². The van der Waals surface area contributed by atoms with Gasteiger partial charge < -0.3 is 30.1 Å². The minimum Gasteiger partial charge on any atom is -0.392 e. The Kier molecular flexibility index (Phi) is 11.0. The topological polar surface area (TPSA) is 83.1 Å². The molecule has 2 aliphatic heterocycles. The summed E-state index contributed by atoms with van der Waals surface area (Å²) in [4.78, 5) is 14.4. The molecule has 3 aromatic rings. The molecule has 2 fully saturated rings. The van der Waals surface area contributed by atoms with Gasteiger partial charge in [0.25, 0.3) is 0 Å². The quantitative estimate of drug-likeness (QED) is 0.274. The smallest absolute Gasteiger partial charge is 0.315 e. The lowest BCUT2D eigenvalue weighted by Crippen LogP contribution is -2.40. The number of nitrogens with one attached hydrogen (secondary N) is 2. The summed E-state index contributed by atoms with van der Waals surface area (Å²) in [7, 11) is 0. The Morgan fingerprint density at radius 1 is 0.833 bits per heavy atom. The van der Waals surface area contributed by atoms with Crippen molar-refractivity contribution in [2.75, 3.05) is 26.2 Å². The maximum atomic E-state index is 11.8. The van der Waals surface area contributed by atoms with Crippen LogP contribution in [-0.4, -0.2) is 48.3 Å². The monoisotopic (exact) mass is 571 g/mol. The molecule has 0 aromatic heterocycles. The molecule has 7 nitrogen and oxygen atoms in total. The number of aliphatic hydroxyl groups is 1. The third kappa shape index (κ3) is 8.42. The standard InChI is InChI=1S/C35H45N3O4/c1-2-36-35(40)37-23-27-9-8-10-31(21-27)28-15-17-30(18-16-28)34-41-32(24-38-19-6-4-3-5-7-20-38)22-33(42-34)29-13-11-26(25-39)12-14-29/h8-18,21,32-34,39H,2-7,19-20,22-25H2,1H3,(H2,36,37,40). The molecule has 0 aliphatic carbocycles. The van der Waals surface area contributed by atoms with Gasteiger partial charge in [-0.05, 0) is 66.7 Å². The van der Waals surface area contributed by atoms with Crippen molar-refractivity contribution >= 4 is 6.03 Å². The highest BCUT2D eigenvalue weighted by Gasteiger charge is 2.33. The lowest BCUT2D eigenvalue weighted by molar-refractivity contribution is -0.253. The Labute approximate surface area is 250 Å². The summed E-state index contributed by atoms with van der Waals surface area (Å²) < 4.78 is 13.2. The van der Waals surface area contributed by atoms with Crippen LogP contribution in [0.4, 0.5) is 4.79 Å². The van der Waals surface area contributed by atoms with Gasteiger partial charge in [0.05, 0.1) is 18.8 Å². The van der Waals surface area contributed by atoms with E-state index >= 15 is 0 Å². The highest BCUT2D eigenvalue weighted by molar-refractivity contribution is 5.73. The lowest BCUT2D eigenvalue weighted by Gasteiger charge is -2.38. The molecule has 5 rings (SSSR count). The van der Waals surface area contributed by atoms with E-state index in [1.165, 1.54) is 32.1 Å². The Morgan fingerprint density at radius 2 is 1.55 bits per heavy atom. The van der Waals surface area contributed by atoms with Gasteiger partial charge in [0.15, 0.2) is 6.29 Å². The number of hydrogen-bond acceptors (Lipinski definition) is 5. The maximum absolute atomic E-state index is 11.8. The van der Waals surface area contributed by atoms with E-state index < -0.39 is 6.29 Å². The number of benzene rings is 3. The van der Waals surface area contributed by atoms with E-state index in [2.05, 4.69) is 64.1 Å². The van der Waals surface area contributed by atoms with Crippen molar-refractivity contribution in [3.63, 3.8) is 0 Å². The van der Waals surface area contributed by atoms with Crippen LogP contribution in [0, 0.1) is 0 Å². The number of urea groups is 1. The van der Waals surface area contributed by atoms with Gasteiger partial charge >= 0.3 is 6.03 Å². The minimum atomic E-state index is -0.456. The number of nitrogens with zero attached hydrogens (tertiary/aromatic N) is 1. The number of amides is 2. The predicted octanol–water partition coefficient (Wildman–Crippen LogP) is 6.48. The van der Waals surface area contributed by atoms with Crippen LogP contribution in [0.25, 0.3) is 11.1 Å². The number of ether oxygens (including phenoxy) is 2. The molecule has 0 spiro atoms. The van der Waals surface area contributed by atoms with Gasteiger partial charge in [0, 0.05) is 31.6 Å². The van der Waals surface area contributed by atoms with Crippen LogP contribution in [0.2, 0.25) is 0 Å². The number of hydrogen-bond donors (Lipinski definition) is 3. The fourth-order valence-electron chi connectivity index (χ4n) is 5.92. The lowest BCUT2D eigenvalue weighted by atomic mass is 9.98. The molecular weight excluding hydrogens is 526 g/mol. The fraction of sp³-hybridized carbons (Fsp3) is 0.457. The van der Waals surface area contributed by atoms with Crippen LogP contribution in [0.15, 0.2) is 72.8 Å². The molecule has 2 heterocycles. The summed E-state index contributed by atoms with van der Waals surface area (Å²) in [6.45, 7) is 6.19. The number of carbonyl (C=O) groups is 1. The molecule has 3 unspecified atom stereocenters. The summed E-state index contributed by atoms with van der Waals surface area (Å²) >= 11 is 0. The molecule has 2 saturated heterocycles. The predicted molar refractivity (Wildman–Crippen MR) is 166 cm³/mol. The highest BCUT2D eigenvalue weighted by Crippen LogP contribution is 2.38. The maximum Gasteiger partial charge on any atom is 0.315 e. The van der Waals surface area contributed by atoms with Crippen molar-refractivity contribution in [1.82, 2.24) is 15.5 Å². The van der Waals surface area contributed by atoms with Crippen LogP contribution in [0.3, 0.4) is 0 Å². The van der Waals surface area contributed by atoms with Gasteiger partial charge in [0.1, 0.15) is 0 Å². The van der Waals surface area contributed by atoms with Crippen LogP contribution < -0.4 is 10.6 Å². The molecule has 3 atom stereocenters. The van der Waals surface area contributed by atoms with Gasteiger partial charge in [-0.25, -0.2) is 4.79 Å². The Balaban J connectivity index is 1.30. The van der Waals surface area contributed by atoms with Crippen LogP contribution in [0.1, 0.15) is 80.1 Å². The average molecular weight is 572 g/mol. The van der Waals surface area contributed by atoms with E-state index in [4.69, 9.17) is 9.47 Å². The summed E-state index contributed by atoms with van der Waals surface area (Å²) in [5, 5.41) is 15.2. The van der Waals surface area contributed by atoms with Gasteiger partial charge in [0.2, 0.25) is 0 Å². The molecular formula is C35H45N3O4. The summed E-state index contributed by atoms with van der Waals surface area (Å²) in [5.74, 6) is 0. The van der Waals surface area contributed by atoms with E-state index in [0.29, 0.717) is 13.1 Å². The molecule has 42 heavy (non-hydrogen) atoms. The second kappa shape index (κ2) is 15.3. The first-order valence-corrected chi connectivity index (χ1v) is 15.5. The number of aliphatic hydroxyl groups excluding tert-OH is 1. The van der Waals surface area contributed by atoms with Crippen LogP contribution in [0.5, 0.6) is 0 Å². The van der Waals surface area contributed by atoms with Gasteiger partial charge in [-0.3, -0.25) is 0 Å². The van der Waals surface area contributed by atoms with Crippen molar-refractivity contribution < 1.29 is 19.4 Å². The van der Waals surface area contributed by atoms with Crippen molar-refractivity contribution in [3.8, 4) is 11.1 Å². The molecule has 7 heteroatoms. The minimum absolute atomic E-state index is 0.0368. The van der Waals surface area contributed by atoms with Crippen LogP contribution in [-0.2, 0) is 22.6 Å². The average Bonchev–Trinajstić information content (AvgIpc) is 3.01. The molecule has 224 valence electrons. The highest BCUT2D eigenvalue weighted by atomic mass is 16.7. The van der Waals surface area contributed by atoms with Gasteiger partial charge in [-0.2, -0.15) is 0 Å². The molecule has 0 bridgehead atoms. The molecule has 0 saturated carbocycles. The molecule has 2 amide bonds. The van der Waals surface area contributed by atoms with E-state index in [0.717, 1.165) is 59.4 Å². The Bertz CT molecular complexity index is 1260. The van der Waals surface area contributed by atoms with E-state index in [1.54, 1.807) is 0 Å². The van der Waals surface area contributed by atoms with E-state index in [1.807, 2.05) is 31.2 Å². The van der Waals surface area contributed by atoms with Crippen molar-refractivity contribution in [2.24, 2.45) is 0 Å². The third-order valence-electron chi connectivity index (χ3n) is 8.26. The Hall–Kier alpha value is -3.23. The second-order valence-electron chi connectivity index (χ2n) is 11.5. The first kappa shape index (κ1) is 30.2. The number of carbonyl (C=O) groups excluding carboxylic acids is 1. The summed E-state index contributed by atoms with van der Waals surface area (Å²) in [5.41, 5.74) is 6.26. The molecule has 0 radical (unpaired) electrons. The number of rotatable bonds is 9. The van der Waals surface area contributed by atoms with Gasteiger partial charge in [-0.1, -0.05) is 86.0 Å². The van der Waals surface area contributed by atoms with Crippen molar-refractivity contribution in [2.45, 2.75) is 77.1 Å². The third-order valence-corrected chi connectivity index (χ3v) is 8.26. The summed E-state index contributed by atoms with van der Waals surface area (Å²) in [6, 6.07) is 24.6.